The van der Waals surface area contributed by atoms with E-state index in [1.54, 1.807) is 25.3 Å². The number of hydrogen-bond acceptors (Lipinski definition) is 3. The molecule has 1 aliphatic rings. The van der Waals surface area contributed by atoms with Crippen LogP contribution in [0.1, 0.15) is 41.6 Å². The number of benzene rings is 1. The number of ether oxygens (including phenoxy) is 1. The molecule has 1 fully saturated rings. The van der Waals surface area contributed by atoms with E-state index in [1.165, 1.54) is 0 Å². The molecule has 1 aromatic carbocycles. The van der Waals surface area contributed by atoms with Gasteiger partial charge in [-0.05, 0) is 43.4 Å². The fourth-order valence-electron chi connectivity index (χ4n) is 2.86. The Bertz CT molecular complexity index is 537. The summed E-state index contributed by atoms with van der Waals surface area (Å²) in [5, 5.41) is 12.0. The van der Waals surface area contributed by atoms with E-state index in [0.29, 0.717) is 19.6 Å². The largest absolute Gasteiger partial charge is 0.478 e. The molecule has 120 valence electrons. The van der Waals surface area contributed by atoms with Crippen molar-refractivity contribution in [3.63, 3.8) is 0 Å². The number of hydrogen-bond donors (Lipinski definition) is 2. The lowest BCUT2D eigenvalue weighted by molar-refractivity contribution is -0.137. The first-order valence-electron chi connectivity index (χ1n) is 7.67. The van der Waals surface area contributed by atoms with Crippen LogP contribution >= 0.6 is 0 Å². The number of methoxy groups -OCH3 is 1. The summed E-state index contributed by atoms with van der Waals surface area (Å²) in [5.41, 5.74) is 0.943. The van der Waals surface area contributed by atoms with E-state index in [4.69, 9.17) is 9.84 Å². The van der Waals surface area contributed by atoms with Crippen LogP contribution < -0.4 is 5.32 Å². The third-order valence-electron chi connectivity index (χ3n) is 4.45. The Balaban J connectivity index is 1.84. The molecule has 0 atom stereocenters. The molecule has 0 aromatic heterocycles. The Hall–Kier alpha value is -1.88. The molecule has 1 amide bonds. The first-order chi connectivity index (χ1) is 10.6. The van der Waals surface area contributed by atoms with Crippen LogP contribution in [0.4, 0.5) is 0 Å². The Morgan fingerprint density at radius 1 is 1.36 bits per heavy atom. The van der Waals surface area contributed by atoms with Crippen LogP contribution in [0.3, 0.4) is 0 Å². The number of carboxylic acids is 1. The fraction of sp³-hybridized carbons (Fsp3) is 0.529. The second-order valence-electron chi connectivity index (χ2n) is 5.89. The van der Waals surface area contributed by atoms with E-state index in [1.807, 2.05) is 6.07 Å². The Labute approximate surface area is 130 Å². The minimum atomic E-state index is -0.932. The Morgan fingerprint density at radius 2 is 2.14 bits per heavy atom. The maximum Gasteiger partial charge on any atom is 0.335 e. The number of carbonyl (C=O) groups is 2. The van der Waals surface area contributed by atoms with Gasteiger partial charge in [-0.1, -0.05) is 18.6 Å². The predicted octanol–water partition coefficient (Wildman–Crippen LogP) is 2.25. The van der Waals surface area contributed by atoms with Crippen LogP contribution in [0, 0.1) is 5.41 Å². The average Bonchev–Trinajstić information content (AvgIpc) is 2.46. The summed E-state index contributed by atoms with van der Waals surface area (Å²) in [6.45, 7) is 1.13. The molecule has 0 unspecified atom stereocenters. The fourth-order valence-corrected chi connectivity index (χ4v) is 2.86. The molecular formula is C17H23NO4. The molecule has 1 saturated carbocycles. The zero-order valence-electron chi connectivity index (χ0n) is 12.9. The molecule has 2 rings (SSSR count). The molecule has 1 aromatic rings. The van der Waals surface area contributed by atoms with Gasteiger partial charge in [-0.2, -0.15) is 0 Å². The van der Waals surface area contributed by atoms with Crippen LogP contribution in [0.5, 0.6) is 0 Å². The zero-order valence-corrected chi connectivity index (χ0v) is 12.9. The van der Waals surface area contributed by atoms with Gasteiger partial charge in [0, 0.05) is 20.3 Å². The lowest BCUT2D eigenvalue weighted by Gasteiger charge is -2.40. The van der Waals surface area contributed by atoms with Crippen molar-refractivity contribution < 1.29 is 19.4 Å². The van der Waals surface area contributed by atoms with Crippen LogP contribution in [0.25, 0.3) is 0 Å². The van der Waals surface area contributed by atoms with Crippen molar-refractivity contribution in [1.82, 2.24) is 5.32 Å². The lowest BCUT2D eigenvalue weighted by atomic mass is 9.66. The molecule has 0 spiro atoms. The number of rotatable bonds is 8. The highest BCUT2D eigenvalue weighted by Crippen LogP contribution is 2.44. The summed E-state index contributed by atoms with van der Waals surface area (Å²) >= 11 is 0. The second kappa shape index (κ2) is 7.40. The quantitative estimate of drug-likeness (QED) is 0.772. The maximum atomic E-state index is 12.4. The molecule has 0 saturated heterocycles. The summed E-state index contributed by atoms with van der Waals surface area (Å²) in [7, 11) is 1.65. The van der Waals surface area contributed by atoms with E-state index in [-0.39, 0.29) is 16.9 Å². The second-order valence-corrected chi connectivity index (χ2v) is 5.89. The van der Waals surface area contributed by atoms with E-state index in [0.717, 1.165) is 31.2 Å². The van der Waals surface area contributed by atoms with Crippen molar-refractivity contribution in [2.75, 3.05) is 20.3 Å². The van der Waals surface area contributed by atoms with Crippen LogP contribution in [0.15, 0.2) is 24.3 Å². The first kappa shape index (κ1) is 16.5. The topological polar surface area (TPSA) is 75.6 Å². The molecule has 22 heavy (non-hydrogen) atoms. The molecule has 0 heterocycles. The number of carboxylic acid groups (broad SMARTS) is 1. The minimum Gasteiger partial charge on any atom is -0.478 e. The van der Waals surface area contributed by atoms with E-state index in [9.17, 15) is 9.59 Å². The van der Waals surface area contributed by atoms with Crippen molar-refractivity contribution in [2.45, 2.75) is 32.1 Å². The highest BCUT2D eigenvalue weighted by Gasteiger charge is 2.43. The number of amides is 1. The Morgan fingerprint density at radius 3 is 2.73 bits per heavy atom. The zero-order chi connectivity index (χ0) is 16.0. The standard InChI is InChI=1S/C17H23NO4/c1-22-11-9-17(7-3-8-17)16(21)18-10-6-13-4-2-5-14(12-13)15(19)20/h2,4-5,12H,3,6-11H2,1H3,(H,18,21)(H,19,20). The van der Waals surface area contributed by atoms with Crippen molar-refractivity contribution in [3.8, 4) is 0 Å². The summed E-state index contributed by atoms with van der Waals surface area (Å²) in [5.74, 6) is -0.830. The number of nitrogens with one attached hydrogen (secondary N) is 1. The lowest BCUT2D eigenvalue weighted by Crippen LogP contribution is -2.46. The van der Waals surface area contributed by atoms with Gasteiger partial charge in [0.1, 0.15) is 0 Å². The summed E-state index contributed by atoms with van der Waals surface area (Å²) in [6, 6.07) is 6.83. The smallest absolute Gasteiger partial charge is 0.335 e. The number of carbonyl (C=O) groups excluding carboxylic acids is 1. The normalized spacial score (nSPS) is 15.9. The van der Waals surface area contributed by atoms with Crippen LogP contribution in [-0.2, 0) is 16.0 Å². The average molecular weight is 305 g/mol. The van der Waals surface area contributed by atoms with Gasteiger partial charge in [0.15, 0.2) is 0 Å². The molecule has 0 aliphatic heterocycles. The molecular weight excluding hydrogens is 282 g/mol. The van der Waals surface area contributed by atoms with Gasteiger partial charge in [-0.25, -0.2) is 4.79 Å². The molecule has 2 N–H and O–H groups in total. The van der Waals surface area contributed by atoms with E-state index in [2.05, 4.69) is 5.32 Å². The van der Waals surface area contributed by atoms with Gasteiger partial charge in [-0.15, -0.1) is 0 Å². The first-order valence-corrected chi connectivity index (χ1v) is 7.67. The SMILES string of the molecule is COCCC1(C(=O)NCCc2cccc(C(=O)O)c2)CCC1. The molecule has 5 heteroatoms. The third-order valence-corrected chi connectivity index (χ3v) is 4.45. The van der Waals surface area contributed by atoms with Gasteiger partial charge in [0.05, 0.1) is 11.0 Å². The molecule has 5 nitrogen and oxygen atoms in total. The molecule has 1 aliphatic carbocycles. The van der Waals surface area contributed by atoms with Crippen LogP contribution in [-0.4, -0.2) is 37.2 Å². The van der Waals surface area contributed by atoms with Crippen molar-refractivity contribution in [1.29, 1.82) is 0 Å². The monoisotopic (exact) mass is 305 g/mol. The highest BCUT2D eigenvalue weighted by atomic mass is 16.5. The highest BCUT2D eigenvalue weighted by molar-refractivity contribution is 5.87. The van der Waals surface area contributed by atoms with Gasteiger partial charge >= 0.3 is 5.97 Å². The van der Waals surface area contributed by atoms with Crippen molar-refractivity contribution >= 4 is 11.9 Å². The van der Waals surface area contributed by atoms with Crippen molar-refractivity contribution in [3.05, 3.63) is 35.4 Å². The summed E-state index contributed by atoms with van der Waals surface area (Å²) in [4.78, 5) is 23.3. The molecule has 0 bridgehead atoms. The minimum absolute atomic E-state index is 0.102. The third kappa shape index (κ3) is 3.85. The van der Waals surface area contributed by atoms with Gasteiger partial charge < -0.3 is 15.2 Å². The van der Waals surface area contributed by atoms with Gasteiger partial charge in [-0.3, -0.25) is 4.79 Å². The van der Waals surface area contributed by atoms with Crippen molar-refractivity contribution in [2.24, 2.45) is 5.41 Å². The maximum absolute atomic E-state index is 12.4. The Kier molecular flexibility index (Phi) is 5.55. The number of aromatic carboxylic acids is 1. The summed E-state index contributed by atoms with van der Waals surface area (Å²) in [6.07, 6.45) is 4.35. The van der Waals surface area contributed by atoms with E-state index >= 15 is 0 Å². The van der Waals surface area contributed by atoms with Crippen LogP contribution in [0.2, 0.25) is 0 Å². The predicted molar refractivity (Wildman–Crippen MR) is 82.9 cm³/mol. The van der Waals surface area contributed by atoms with Gasteiger partial charge in [0.25, 0.3) is 0 Å². The summed E-state index contributed by atoms with van der Waals surface area (Å²) < 4.78 is 5.10. The molecule has 0 radical (unpaired) electrons. The van der Waals surface area contributed by atoms with Gasteiger partial charge in [0.2, 0.25) is 5.91 Å². The van der Waals surface area contributed by atoms with E-state index < -0.39 is 5.97 Å².